The van der Waals surface area contributed by atoms with Gasteiger partial charge in [-0.05, 0) is 30.5 Å². The number of carbonyl (C=O) groups is 1. The van der Waals surface area contributed by atoms with Gasteiger partial charge in [0.1, 0.15) is 0 Å². The molecule has 0 atom stereocenters. The highest BCUT2D eigenvalue weighted by atomic mass is 16.7. The van der Waals surface area contributed by atoms with Crippen LogP contribution in [0.5, 0.6) is 11.5 Å². The van der Waals surface area contributed by atoms with Gasteiger partial charge in [0.2, 0.25) is 12.7 Å². The minimum atomic E-state index is 0.223. The van der Waals surface area contributed by atoms with E-state index in [-0.39, 0.29) is 18.6 Å². The molecule has 0 radical (unpaired) electrons. The fourth-order valence-electron chi connectivity index (χ4n) is 2.32. The number of rotatable bonds is 6. The molecule has 0 bridgehead atoms. The Labute approximate surface area is 118 Å². The number of carbonyl (C=O) groups excluding carboxylic acids is 1. The maximum absolute atomic E-state index is 12.3. The first kappa shape index (κ1) is 13.2. The molecule has 20 heavy (non-hydrogen) atoms. The van der Waals surface area contributed by atoms with E-state index in [1.165, 1.54) is 0 Å². The highest BCUT2D eigenvalue weighted by molar-refractivity contribution is 5.81. The van der Waals surface area contributed by atoms with E-state index in [0.717, 1.165) is 29.9 Å². The summed E-state index contributed by atoms with van der Waals surface area (Å²) in [5, 5.41) is 0. The van der Waals surface area contributed by atoms with Gasteiger partial charge in [-0.1, -0.05) is 6.07 Å². The van der Waals surface area contributed by atoms with Gasteiger partial charge in [-0.2, -0.15) is 0 Å². The predicted molar refractivity (Wildman–Crippen MR) is 72.6 cm³/mol. The number of hydrogen-bond acceptors (Lipinski definition) is 4. The number of nitrogens with zero attached hydrogens (tertiary/aromatic N) is 1. The molecule has 0 aromatic heterocycles. The van der Waals surface area contributed by atoms with Gasteiger partial charge in [0.05, 0.1) is 6.61 Å². The summed E-state index contributed by atoms with van der Waals surface area (Å²) in [6.07, 6.45) is 2.03. The lowest BCUT2D eigenvalue weighted by Crippen LogP contribution is -2.34. The lowest BCUT2D eigenvalue weighted by Gasteiger charge is -2.22. The first-order valence-electron chi connectivity index (χ1n) is 6.94. The third-order valence-corrected chi connectivity index (χ3v) is 3.61. The summed E-state index contributed by atoms with van der Waals surface area (Å²) in [4.78, 5) is 14.1. The van der Waals surface area contributed by atoms with Crippen LogP contribution in [0.25, 0.3) is 0 Å². The molecule has 0 spiro atoms. The van der Waals surface area contributed by atoms with E-state index < -0.39 is 0 Å². The first-order valence-corrected chi connectivity index (χ1v) is 6.94. The number of methoxy groups -OCH3 is 1. The molecule has 1 aromatic rings. The monoisotopic (exact) mass is 277 g/mol. The Morgan fingerprint density at radius 3 is 2.90 bits per heavy atom. The molecule has 1 aromatic carbocycles. The minimum absolute atomic E-state index is 0.223. The zero-order valence-electron chi connectivity index (χ0n) is 11.6. The Bertz CT molecular complexity index is 499. The summed E-state index contributed by atoms with van der Waals surface area (Å²) in [6.45, 7) is 2.05. The van der Waals surface area contributed by atoms with Crippen molar-refractivity contribution in [2.45, 2.75) is 19.4 Å². The van der Waals surface area contributed by atoms with Crippen molar-refractivity contribution in [2.24, 2.45) is 5.92 Å². The van der Waals surface area contributed by atoms with Crippen LogP contribution in [0.15, 0.2) is 18.2 Å². The van der Waals surface area contributed by atoms with Gasteiger partial charge in [-0.15, -0.1) is 0 Å². The molecule has 3 rings (SSSR count). The number of ether oxygens (including phenoxy) is 3. The largest absolute Gasteiger partial charge is 0.454 e. The molecule has 0 unspecified atom stereocenters. The smallest absolute Gasteiger partial charge is 0.231 e. The quantitative estimate of drug-likeness (QED) is 0.795. The van der Waals surface area contributed by atoms with E-state index in [1.54, 1.807) is 7.11 Å². The van der Waals surface area contributed by atoms with Crippen LogP contribution in [-0.4, -0.2) is 37.9 Å². The summed E-state index contributed by atoms with van der Waals surface area (Å²) in [6, 6.07) is 5.82. The van der Waals surface area contributed by atoms with Gasteiger partial charge in [0, 0.05) is 26.1 Å². The molecule has 2 aliphatic rings. The standard InChI is InChI=1S/C15H19NO4/c1-18-7-6-16(15(17)12-3-4-12)9-11-2-5-13-14(8-11)20-10-19-13/h2,5,8,12H,3-4,6-7,9-10H2,1H3. The molecule has 1 amide bonds. The normalized spacial score (nSPS) is 16.2. The topological polar surface area (TPSA) is 48.0 Å². The number of benzene rings is 1. The van der Waals surface area contributed by atoms with Crippen molar-refractivity contribution in [3.05, 3.63) is 23.8 Å². The van der Waals surface area contributed by atoms with Crippen molar-refractivity contribution in [3.63, 3.8) is 0 Å². The lowest BCUT2D eigenvalue weighted by atomic mass is 10.1. The SMILES string of the molecule is COCCN(Cc1ccc2c(c1)OCO2)C(=O)C1CC1. The Morgan fingerprint density at radius 1 is 1.35 bits per heavy atom. The maximum atomic E-state index is 12.3. The van der Waals surface area contributed by atoms with E-state index in [2.05, 4.69) is 0 Å². The van der Waals surface area contributed by atoms with E-state index in [1.807, 2.05) is 23.1 Å². The second-order valence-corrected chi connectivity index (χ2v) is 5.21. The summed E-state index contributed by atoms with van der Waals surface area (Å²) < 4.78 is 15.8. The fraction of sp³-hybridized carbons (Fsp3) is 0.533. The molecular formula is C15H19NO4. The van der Waals surface area contributed by atoms with E-state index in [0.29, 0.717) is 19.7 Å². The minimum Gasteiger partial charge on any atom is -0.454 e. The second-order valence-electron chi connectivity index (χ2n) is 5.21. The van der Waals surface area contributed by atoms with Crippen molar-refractivity contribution in [2.75, 3.05) is 27.1 Å². The Morgan fingerprint density at radius 2 is 2.15 bits per heavy atom. The Hall–Kier alpha value is -1.75. The average Bonchev–Trinajstić information content (AvgIpc) is 3.21. The van der Waals surface area contributed by atoms with Crippen molar-refractivity contribution in [3.8, 4) is 11.5 Å². The second kappa shape index (κ2) is 5.71. The fourth-order valence-corrected chi connectivity index (χ4v) is 2.32. The van der Waals surface area contributed by atoms with Crippen LogP contribution in [0.4, 0.5) is 0 Å². The molecule has 5 nitrogen and oxygen atoms in total. The van der Waals surface area contributed by atoms with Gasteiger partial charge in [-0.25, -0.2) is 0 Å². The molecule has 1 saturated carbocycles. The summed E-state index contributed by atoms with van der Waals surface area (Å²) >= 11 is 0. The number of amides is 1. The van der Waals surface area contributed by atoms with Crippen molar-refractivity contribution in [1.29, 1.82) is 0 Å². The highest BCUT2D eigenvalue weighted by Crippen LogP contribution is 2.34. The van der Waals surface area contributed by atoms with Gasteiger partial charge in [-0.3, -0.25) is 4.79 Å². The van der Waals surface area contributed by atoms with Crippen LogP contribution >= 0.6 is 0 Å². The number of fused-ring (bicyclic) bond motifs is 1. The molecule has 5 heteroatoms. The Kier molecular flexibility index (Phi) is 3.78. The summed E-state index contributed by atoms with van der Waals surface area (Å²) in [5.74, 6) is 1.99. The zero-order valence-corrected chi connectivity index (χ0v) is 11.6. The first-order chi connectivity index (χ1) is 9.78. The zero-order chi connectivity index (χ0) is 13.9. The molecule has 1 aliphatic carbocycles. The molecule has 1 heterocycles. The molecular weight excluding hydrogens is 258 g/mol. The molecule has 0 N–H and O–H groups in total. The van der Waals surface area contributed by atoms with Crippen molar-refractivity contribution >= 4 is 5.91 Å². The summed E-state index contributed by atoms with van der Waals surface area (Å²) in [7, 11) is 1.65. The average molecular weight is 277 g/mol. The van der Waals surface area contributed by atoms with E-state index >= 15 is 0 Å². The van der Waals surface area contributed by atoms with Crippen LogP contribution in [0.1, 0.15) is 18.4 Å². The molecule has 108 valence electrons. The van der Waals surface area contributed by atoms with Crippen molar-refractivity contribution < 1.29 is 19.0 Å². The van der Waals surface area contributed by atoms with E-state index in [9.17, 15) is 4.79 Å². The molecule has 1 aliphatic heterocycles. The number of hydrogen-bond donors (Lipinski definition) is 0. The predicted octanol–water partition coefficient (Wildman–Crippen LogP) is 1.80. The lowest BCUT2D eigenvalue weighted by molar-refractivity contribution is -0.133. The molecule has 1 fully saturated rings. The van der Waals surface area contributed by atoms with Crippen LogP contribution < -0.4 is 9.47 Å². The Balaban J connectivity index is 1.69. The third kappa shape index (κ3) is 2.88. The van der Waals surface area contributed by atoms with Crippen LogP contribution in [-0.2, 0) is 16.1 Å². The third-order valence-electron chi connectivity index (χ3n) is 3.61. The molecule has 0 saturated heterocycles. The summed E-state index contributed by atoms with van der Waals surface area (Å²) in [5.41, 5.74) is 1.05. The van der Waals surface area contributed by atoms with Crippen LogP contribution in [0.2, 0.25) is 0 Å². The van der Waals surface area contributed by atoms with Crippen LogP contribution in [0.3, 0.4) is 0 Å². The highest BCUT2D eigenvalue weighted by Gasteiger charge is 2.33. The van der Waals surface area contributed by atoms with Gasteiger partial charge in [0.25, 0.3) is 0 Å². The van der Waals surface area contributed by atoms with Crippen LogP contribution in [0, 0.1) is 5.92 Å². The van der Waals surface area contributed by atoms with Gasteiger partial charge < -0.3 is 19.1 Å². The maximum Gasteiger partial charge on any atom is 0.231 e. The van der Waals surface area contributed by atoms with Gasteiger partial charge >= 0.3 is 0 Å². The van der Waals surface area contributed by atoms with Gasteiger partial charge in [0.15, 0.2) is 11.5 Å². The van der Waals surface area contributed by atoms with E-state index in [4.69, 9.17) is 14.2 Å². The van der Waals surface area contributed by atoms with Crippen molar-refractivity contribution in [1.82, 2.24) is 4.90 Å².